The zero-order valence-corrected chi connectivity index (χ0v) is 9.52. The van der Waals surface area contributed by atoms with Crippen LogP contribution in [0.25, 0.3) is 0 Å². The van der Waals surface area contributed by atoms with Crippen LogP contribution in [0.5, 0.6) is 0 Å². The van der Waals surface area contributed by atoms with Crippen molar-refractivity contribution in [1.82, 2.24) is 0 Å². The van der Waals surface area contributed by atoms with E-state index in [-0.39, 0.29) is 10.9 Å². The fourth-order valence-corrected chi connectivity index (χ4v) is 1.71. The van der Waals surface area contributed by atoms with E-state index in [0.717, 1.165) is 0 Å². The van der Waals surface area contributed by atoms with E-state index in [9.17, 15) is 9.18 Å². The van der Waals surface area contributed by atoms with Crippen LogP contribution in [0, 0.1) is 5.82 Å². The lowest BCUT2D eigenvalue weighted by Gasteiger charge is -2.03. The van der Waals surface area contributed by atoms with Crippen LogP contribution in [0.3, 0.4) is 0 Å². The second-order valence-electron chi connectivity index (χ2n) is 2.40. The summed E-state index contributed by atoms with van der Waals surface area (Å²) in [5.74, 6) is -1.36. The number of carboxylic acid groups (broad SMARTS) is 1. The Morgan fingerprint density at radius 3 is 2.54 bits per heavy atom. The molecule has 2 nitrogen and oxygen atoms in total. The van der Waals surface area contributed by atoms with Gasteiger partial charge in [-0.25, -0.2) is 4.39 Å². The van der Waals surface area contributed by atoms with Gasteiger partial charge in [0, 0.05) is 4.47 Å². The van der Waals surface area contributed by atoms with Gasteiger partial charge < -0.3 is 5.11 Å². The molecule has 0 bridgehead atoms. The van der Waals surface area contributed by atoms with Crippen molar-refractivity contribution >= 4 is 37.8 Å². The molecule has 1 aromatic rings. The highest BCUT2D eigenvalue weighted by Crippen LogP contribution is 2.29. The number of rotatable bonds is 2. The van der Waals surface area contributed by atoms with Crippen molar-refractivity contribution in [2.75, 3.05) is 0 Å². The van der Waals surface area contributed by atoms with E-state index in [0.29, 0.717) is 10.0 Å². The van der Waals surface area contributed by atoms with Crippen molar-refractivity contribution in [1.29, 1.82) is 0 Å². The zero-order chi connectivity index (χ0) is 10.0. The summed E-state index contributed by atoms with van der Waals surface area (Å²) in [7, 11) is 0. The fraction of sp³-hybridized carbons (Fsp3) is 0.125. The minimum Gasteiger partial charge on any atom is -0.481 e. The Bertz CT molecular complexity index is 352. The van der Waals surface area contributed by atoms with Crippen LogP contribution in [0.2, 0.25) is 0 Å². The molecule has 0 unspecified atom stereocenters. The van der Waals surface area contributed by atoms with Gasteiger partial charge in [0.05, 0.1) is 10.9 Å². The molecule has 5 heteroatoms. The van der Waals surface area contributed by atoms with Gasteiger partial charge in [0.1, 0.15) is 5.82 Å². The van der Waals surface area contributed by atoms with Crippen LogP contribution >= 0.6 is 31.9 Å². The summed E-state index contributed by atoms with van der Waals surface area (Å²) in [5, 5.41) is 8.52. The summed E-state index contributed by atoms with van der Waals surface area (Å²) in [6.45, 7) is 0. The molecule has 1 rings (SSSR count). The monoisotopic (exact) mass is 310 g/mol. The highest BCUT2D eigenvalue weighted by molar-refractivity contribution is 9.13. The fourth-order valence-electron chi connectivity index (χ4n) is 0.865. The summed E-state index contributed by atoms with van der Waals surface area (Å²) in [6, 6.07) is 2.67. The SMILES string of the molecule is O=C(O)Cc1ccc(F)c(Br)c1Br. The first-order chi connectivity index (χ1) is 6.02. The van der Waals surface area contributed by atoms with Gasteiger partial charge in [-0.15, -0.1) is 0 Å². The van der Waals surface area contributed by atoms with Gasteiger partial charge in [-0.3, -0.25) is 4.79 Å². The van der Waals surface area contributed by atoms with Crippen LogP contribution in [-0.4, -0.2) is 11.1 Å². The maximum atomic E-state index is 12.9. The largest absolute Gasteiger partial charge is 0.481 e. The minimum absolute atomic E-state index is 0.126. The Kier molecular flexibility index (Phi) is 3.44. The van der Waals surface area contributed by atoms with E-state index < -0.39 is 11.8 Å². The normalized spacial score (nSPS) is 10.1. The summed E-state index contributed by atoms with van der Waals surface area (Å²) in [4.78, 5) is 10.4. The third-order valence-corrected chi connectivity index (χ3v) is 3.67. The maximum absolute atomic E-state index is 12.9. The highest BCUT2D eigenvalue weighted by Gasteiger charge is 2.10. The summed E-state index contributed by atoms with van der Waals surface area (Å²) in [5.41, 5.74) is 0.542. The van der Waals surface area contributed by atoms with E-state index in [2.05, 4.69) is 31.9 Å². The molecule has 0 aromatic heterocycles. The number of hydrogen-bond donors (Lipinski definition) is 1. The Morgan fingerprint density at radius 2 is 2.00 bits per heavy atom. The first-order valence-corrected chi connectivity index (χ1v) is 4.95. The van der Waals surface area contributed by atoms with E-state index in [1.807, 2.05) is 0 Å². The second-order valence-corrected chi connectivity index (χ2v) is 3.99. The lowest BCUT2D eigenvalue weighted by atomic mass is 10.1. The predicted octanol–water partition coefficient (Wildman–Crippen LogP) is 2.98. The molecule has 0 atom stereocenters. The molecule has 1 aromatic carbocycles. The summed E-state index contributed by atoms with van der Waals surface area (Å²) in [6.07, 6.45) is -0.126. The highest BCUT2D eigenvalue weighted by atomic mass is 79.9. The molecule has 0 spiro atoms. The topological polar surface area (TPSA) is 37.3 Å². The molecular weight excluding hydrogens is 307 g/mol. The number of benzene rings is 1. The first-order valence-electron chi connectivity index (χ1n) is 3.36. The molecule has 0 fully saturated rings. The molecule has 0 heterocycles. The number of carboxylic acids is 1. The van der Waals surface area contributed by atoms with Gasteiger partial charge in [0.15, 0.2) is 0 Å². The smallest absolute Gasteiger partial charge is 0.307 e. The third kappa shape index (κ3) is 2.51. The van der Waals surface area contributed by atoms with E-state index >= 15 is 0 Å². The Labute approximate surface area is 91.0 Å². The standard InChI is InChI=1S/C8H5Br2FO2/c9-7-4(3-6(12)13)1-2-5(11)8(7)10/h1-2H,3H2,(H,12,13). The van der Waals surface area contributed by atoms with Crippen molar-refractivity contribution in [3.8, 4) is 0 Å². The van der Waals surface area contributed by atoms with Crippen molar-refractivity contribution in [2.24, 2.45) is 0 Å². The van der Waals surface area contributed by atoms with Crippen LogP contribution in [-0.2, 0) is 11.2 Å². The quantitative estimate of drug-likeness (QED) is 0.853. The number of halogens is 3. The van der Waals surface area contributed by atoms with E-state index in [4.69, 9.17) is 5.11 Å². The molecule has 13 heavy (non-hydrogen) atoms. The number of carbonyl (C=O) groups is 1. The van der Waals surface area contributed by atoms with Gasteiger partial charge >= 0.3 is 5.97 Å². The van der Waals surface area contributed by atoms with Crippen LogP contribution in [0.15, 0.2) is 21.1 Å². The van der Waals surface area contributed by atoms with Gasteiger partial charge in [0.2, 0.25) is 0 Å². The molecule has 0 aliphatic carbocycles. The summed E-state index contributed by atoms with van der Waals surface area (Å²) >= 11 is 6.11. The molecule has 70 valence electrons. The van der Waals surface area contributed by atoms with Gasteiger partial charge in [-0.2, -0.15) is 0 Å². The molecule has 0 radical (unpaired) electrons. The number of aliphatic carboxylic acids is 1. The Morgan fingerprint density at radius 1 is 1.38 bits per heavy atom. The molecule has 0 saturated carbocycles. The third-order valence-electron chi connectivity index (χ3n) is 1.46. The van der Waals surface area contributed by atoms with Crippen molar-refractivity contribution in [3.05, 3.63) is 32.5 Å². The van der Waals surface area contributed by atoms with Crippen LogP contribution in [0.1, 0.15) is 5.56 Å². The van der Waals surface area contributed by atoms with Crippen LogP contribution in [0.4, 0.5) is 4.39 Å². The summed E-state index contributed by atoms with van der Waals surface area (Å²) < 4.78 is 13.6. The van der Waals surface area contributed by atoms with Crippen molar-refractivity contribution < 1.29 is 14.3 Å². The molecule has 0 saturated heterocycles. The average Bonchev–Trinajstić information content (AvgIpc) is 2.06. The van der Waals surface area contributed by atoms with Crippen molar-refractivity contribution in [2.45, 2.75) is 6.42 Å². The average molecular weight is 312 g/mol. The Balaban J connectivity index is 3.10. The second kappa shape index (κ2) is 4.19. The molecule has 0 aliphatic heterocycles. The minimum atomic E-state index is -0.945. The van der Waals surface area contributed by atoms with Gasteiger partial charge in [0.25, 0.3) is 0 Å². The Hall–Kier alpha value is -0.420. The molecule has 1 N–H and O–H groups in total. The predicted molar refractivity (Wildman–Crippen MR) is 53.1 cm³/mol. The number of hydrogen-bond acceptors (Lipinski definition) is 1. The van der Waals surface area contributed by atoms with Crippen molar-refractivity contribution in [3.63, 3.8) is 0 Å². The first kappa shape index (κ1) is 10.7. The van der Waals surface area contributed by atoms with E-state index in [1.54, 1.807) is 0 Å². The lowest BCUT2D eigenvalue weighted by molar-refractivity contribution is -0.136. The van der Waals surface area contributed by atoms with Gasteiger partial charge in [-0.05, 0) is 43.5 Å². The molecule has 0 aliphatic rings. The van der Waals surface area contributed by atoms with Crippen LogP contribution < -0.4 is 0 Å². The van der Waals surface area contributed by atoms with E-state index in [1.165, 1.54) is 12.1 Å². The molecule has 0 amide bonds. The van der Waals surface area contributed by atoms with Gasteiger partial charge in [-0.1, -0.05) is 6.07 Å². The lowest BCUT2D eigenvalue weighted by Crippen LogP contribution is -2.01. The molecular formula is C8H5Br2FO2. The zero-order valence-electron chi connectivity index (χ0n) is 6.35. The maximum Gasteiger partial charge on any atom is 0.307 e.